The van der Waals surface area contributed by atoms with E-state index < -0.39 is 0 Å². The minimum Gasteiger partial charge on any atom is -0.484 e. The number of hydrogen-bond acceptors (Lipinski definition) is 3. The Morgan fingerprint density at radius 2 is 1.85 bits per heavy atom. The van der Waals surface area contributed by atoms with Gasteiger partial charge in [-0.25, -0.2) is 4.39 Å². The van der Waals surface area contributed by atoms with Crippen LogP contribution in [0, 0.1) is 5.82 Å². The average molecular weight is 365 g/mol. The van der Waals surface area contributed by atoms with Crippen LogP contribution in [0.1, 0.15) is 11.7 Å². The molecule has 4 nitrogen and oxygen atoms in total. The van der Waals surface area contributed by atoms with E-state index in [0.29, 0.717) is 25.4 Å². The van der Waals surface area contributed by atoms with Gasteiger partial charge < -0.3 is 14.4 Å². The van der Waals surface area contributed by atoms with Gasteiger partial charge in [-0.15, -0.1) is 0 Å². The van der Waals surface area contributed by atoms with Crippen molar-refractivity contribution in [3.05, 3.63) is 78.1 Å². The Balaban J connectivity index is 1.37. The SMILES string of the molecule is O=C(COc1ccc2ccccc2c1)N1CCO[C@H](c2ccc(F)cc2)C1. The molecule has 3 aromatic carbocycles. The highest BCUT2D eigenvalue weighted by Gasteiger charge is 2.25. The molecule has 27 heavy (non-hydrogen) atoms. The molecule has 0 bridgehead atoms. The van der Waals surface area contributed by atoms with Gasteiger partial charge in [-0.3, -0.25) is 4.79 Å². The summed E-state index contributed by atoms with van der Waals surface area (Å²) in [4.78, 5) is 14.3. The first-order valence-corrected chi connectivity index (χ1v) is 8.95. The maximum Gasteiger partial charge on any atom is 0.260 e. The largest absolute Gasteiger partial charge is 0.484 e. The highest BCUT2D eigenvalue weighted by atomic mass is 19.1. The van der Waals surface area contributed by atoms with Gasteiger partial charge in [0, 0.05) is 6.54 Å². The van der Waals surface area contributed by atoms with Crippen LogP contribution in [0.5, 0.6) is 5.75 Å². The van der Waals surface area contributed by atoms with Gasteiger partial charge >= 0.3 is 0 Å². The van der Waals surface area contributed by atoms with Crippen molar-refractivity contribution in [1.29, 1.82) is 0 Å². The number of benzene rings is 3. The molecule has 0 aromatic heterocycles. The minimum atomic E-state index is -0.286. The van der Waals surface area contributed by atoms with Crippen molar-refractivity contribution in [2.75, 3.05) is 26.3 Å². The Kier molecular flexibility index (Phi) is 5.03. The fraction of sp³-hybridized carbons (Fsp3) is 0.227. The third-order valence-corrected chi connectivity index (χ3v) is 4.74. The zero-order valence-electron chi connectivity index (χ0n) is 14.8. The lowest BCUT2D eigenvalue weighted by molar-refractivity contribution is -0.141. The van der Waals surface area contributed by atoms with Crippen LogP contribution < -0.4 is 4.74 Å². The van der Waals surface area contributed by atoms with E-state index in [1.54, 1.807) is 17.0 Å². The van der Waals surface area contributed by atoms with Crippen LogP contribution in [0.3, 0.4) is 0 Å². The monoisotopic (exact) mass is 365 g/mol. The summed E-state index contributed by atoms with van der Waals surface area (Å²) in [6, 6.07) is 20.0. The molecule has 1 fully saturated rings. The predicted molar refractivity (Wildman–Crippen MR) is 101 cm³/mol. The van der Waals surface area contributed by atoms with E-state index in [2.05, 4.69) is 0 Å². The molecule has 1 amide bonds. The molecule has 3 aromatic rings. The normalized spacial score (nSPS) is 17.1. The molecule has 0 N–H and O–H groups in total. The Hall–Kier alpha value is -2.92. The van der Waals surface area contributed by atoms with Crippen LogP contribution in [-0.4, -0.2) is 37.1 Å². The maximum absolute atomic E-state index is 13.1. The Morgan fingerprint density at radius 1 is 1.07 bits per heavy atom. The molecule has 1 atom stereocenters. The molecular weight excluding hydrogens is 345 g/mol. The van der Waals surface area contributed by atoms with Crippen molar-refractivity contribution >= 4 is 16.7 Å². The van der Waals surface area contributed by atoms with E-state index in [0.717, 1.165) is 16.3 Å². The molecule has 0 radical (unpaired) electrons. The summed E-state index contributed by atoms with van der Waals surface area (Å²) in [6.07, 6.45) is -0.246. The molecular formula is C22H20FNO3. The van der Waals surface area contributed by atoms with Crippen LogP contribution in [0.4, 0.5) is 4.39 Å². The zero-order chi connectivity index (χ0) is 18.6. The second-order valence-corrected chi connectivity index (χ2v) is 6.55. The topological polar surface area (TPSA) is 38.8 Å². The summed E-state index contributed by atoms with van der Waals surface area (Å²) in [5.74, 6) is 0.301. The van der Waals surface area contributed by atoms with Gasteiger partial charge in [0.2, 0.25) is 0 Å². The fourth-order valence-electron chi connectivity index (χ4n) is 3.25. The maximum atomic E-state index is 13.1. The van der Waals surface area contributed by atoms with Crippen LogP contribution in [0.15, 0.2) is 66.7 Å². The van der Waals surface area contributed by atoms with Gasteiger partial charge in [-0.1, -0.05) is 42.5 Å². The third kappa shape index (κ3) is 4.09. The van der Waals surface area contributed by atoms with Crippen LogP contribution >= 0.6 is 0 Å². The van der Waals surface area contributed by atoms with Crippen molar-refractivity contribution < 1.29 is 18.7 Å². The lowest BCUT2D eigenvalue weighted by atomic mass is 10.1. The molecule has 1 aliphatic rings. The second-order valence-electron chi connectivity index (χ2n) is 6.55. The van der Waals surface area contributed by atoms with Gasteiger partial charge in [0.05, 0.1) is 13.2 Å². The lowest BCUT2D eigenvalue weighted by Gasteiger charge is -2.33. The van der Waals surface area contributed by atoms with Crippen LogP contribution in [-0.2, 0) is 9.53 Å². The van der Waals surface area contributed by atoms with Crippen LogP contribution in [0.25, 0.3) is 10.8 Å². The van der Waals surface area contributed by atoms with Crippen molar-refractivity contribution in [2.24, 2.45) is 0 Å². The molecule has 0 saturated carbocycles. The first kappa shape index (κ1) is 17.5. The Bertz CT molecular complexity index is 942. The van der Waals surface area contributed by atoms with E-state index in [9.17, 15) is 9.18 Å². The molecule has 5 heteroatoms. The van der Waals surface area contributed by atoms with Crippen LogP contribution in [0.2, 0.25) is 0 Å². The highest BCUT2D eigenvalue weighted by molar-refractivity contribution is 5.84. The number of morpholine rings is 1. The Labute approximate surface area is 157 Å². The number of amides is 1. The lowest BCUT2D eigenvalue weighted by Crippen LogP contribution is -2.44. The molecule has 4 rings (SSSR count). The van der Waals surface area contributed by atoms with E-state index in [1.165, 1.54) is 12.1 Å². The summed E-state index contributed by atoms with van der Waals surface area (Å²) in [6.45, 7) is 1.39. The molecule has 0 unspecified atom stereocenters. The van der Waals surface area contributed by atoms with E-state index in [1.807, 2.05) is 42.5 Å². The number of rotatable bonds is 4. The summed E-state index contributed by atoms with van der Waals surface area (Å²) in [7, 11) is 0. The first-order chi connectivity index (χ1) is 13.2. The summed E-state index contributed by atoms with van der Waals surface area (Å²) in [5.41, 5.74) is 0.865. The Morgan fingerprint density at radius 3 is 2.67 bits per heavy atom. The first-order valence-electron chi connectivity index (χ1n) is 8.95. The minimum absolute atomic E-state index is 0.0194. The van der Waals surface area contributed by atoms with Gasteiger partial charge in [-0.05, 0) is 40.6 Å². The van der Waals surface area contributed by atoms with Crippen molar-refractivity contribution in [3.63, 3.8) is 0 Å². The number of hydrogen-bond donors (Lipinski definition) is 0. The number of halogens is 1. The van der Waals surface area contributed by atoms with E-state index in [4.69, 9.17) is 9.47 Å². The molecule has 138 valence electrons. The molecule has 1 aliphatic heterocycles. The zero-order valence-corrected chi connectivity index (χ0v) is 14.8. The van der Waals surface area contributed by atoms with Crippen molar-refractivity contribution in [3.8, 4) is 5.75 Å². The van der Waals surface area contributed by atoms with E-state index >= 15 is 0 Å². The standard InChI is InChI=1S/C22H20FNO3/c23-19-8-5-17(6-9-19)21-14-24(11-12-26-21)22(25)15-27-20-10-7-16-3-1-2-4-18(16)13-20/h1-10,13,21H,11-12,14-15H2/t21-/m0/s1. The average Bonchev–Trinajstić information content (AvgIpc) is 2.72. The number of fused-ring (bicyclic) bond motifs is 1. The summed E-state index contributed by atoms with van der Waals surface area (Å²) in [5, 5.41) is 2.21. The summed E-state index contributed by atoms with van der Waals surface area (Å²) < 4.78 is 24.5. The number of nitrogens with zero attached hydrogens (tertiary/aromatic N) is 1. The second kappa shape index (κ2) is 7.76. The molecule has 1 saturated heterocycles. The molecule has 0 spiro atoms. The predicted octanol–water partition coefficient (Wildman–Crippen LogP) is 3.96. The van der Waals surface area contributed by atoms with Gasteiger partial charge in [-0.2, -0.15) is 0 Å². The summed E-state index contributed by atoms with van der Waals surface area (Å²) >= 11 is 0. The van der Waals surface area contributed by atoms with Crippen molar-refractivity contribution in [1.82, 2.24) is 4.90 Å². The number of carbonyl (C=O) groups excluding carboxylic acids is 1. The number of carbonyl (C=O) groups is 1. The van der Waals surface area contributed by atoms with E-state index in [-0.39, 0.29) is 24.4 Å². The van der Waals surface area contributed by atoms with Crippen molar-refractivity contribution in [2.45, 2.75) is 6.10 Å². The molecule has 1 heterocycles. The van der Waals surface area contributed by atoms with Gasteiger partial charge in [0.15, 0.2) is 6.61 Å². The smallest absolute Gasteiger partial charge is 0.260 e. The molecule has 0 aliphatic carbocycles. The quantitative estimate of drug-likeness (QED) is 0.703. The van der Waals surface area contributed by atoms with Gasteiger partial charge in [0.1, 0.15) is 17.7 Å². The third-order valence-electron chi connectivity index (χ3n) is 4.74. The number of ether oxygens (including phenoxy) is 2. The highest BCUT2D eigenvalue weighted by Crippen LogP contribution is 2.23. The van der Waals surface area contributed by atoms with Gasteiger partial charge in [0.25, 0.3) is 5.91 Å². The fourth-order valence-corrected chi connectivity index (χ4v) is 3.25.